The zero-order valence-electron chi connectivity index (χ0n) is 9.97. The van der Waals surface area contributed by atoms with Gasteiger partial charge < -0.3 is 15.2 Å². The molecule has 5 nitrogen and oxygen atoms in total. The monoisotopic (exact) mass is 236 g/mol. The highest BCUT2D eigenvalue weighted by Gasteiger charge is 2.43. The summed E-state index contributed by atoms with van der Waals surface area (Å²) in [6.07, 6.45) is -0.358. The van der Waals surface area contributed by atoms with Gasteiger partial charge in [-0.1, -0.05) is 0 Å². The number of rotatable bonds is 3. The zero-order valence-corrected chi connectivity index (χ0v) is 9.97. The van der Waals surface area contributed by atoms with E-state index >= 15 is 0 Å². The van der Waals surface area contributed by atoms with Crippen LogP contribution in [0.4, 0.5) is 10.5 Å². The fourth-order valence-corrected chi connectivity index (χ4v) is 1.87. The van der Waals surface area contributed by atoms with Crippen molar-refractivity contribution in [3.63, 3.8) is 0 Å². The van der Waals surface area contributed by atoms with E-state index in [0.717, 1.165) is 11.4 Å². The highest BCUT2D eigenvalue weighted by atomic mass is 16.6. The molecule has 2 rings (SSSR count). The smallest absolute Gasteiger partial charge is 0.415 e. The Morgan fingerprint density at radius 3 is 2.65 bits per heavy atom. The first-order valence-electron chi connectivity index (χ1n) is 5.42. The second-order valence-electron chi connectivity index (χ2n) is 4.29. The summed E-state index contributed by atoms with van der Waals surface area (Å²) in [4.78, 5) is 13.3. The number of hydrogen-bond acceptors (Lipinski definition) is 4. The minimum atomic E-state index is -0.480. The second-order valence-corrected chi connectivity index (χ2v) is 4.29. The van der Waals surface area contributed by atoms with Gasteiger partial charge >= 0.3 is 6.09 Å². The maximum atomic E-state index is 11.7. The fourth-order valence-electron chi connectivity index (χ4n) is 1.87. The summed E-state index contributed by atoms with van der Waals surface area (Å²) >= 11 is 0. The summed E-state index contributed by atoms with van der Waals surface area (Å²) in [5.41, 5.74) is 6.00. The van der Waals surface area contributed by atoms with Crippen LogP contribution in [-0.2, 0) is 4.74 Å². The van der Waals surface area contributed by atoms with Crippen LogP contribution in [0.2, 0.25) is 0 Å². The molecule has 1 saturated heterocycles. The first-order chi connectivity index (χ1) is 8.10. The van der Waals surface area contributed by atoms with Gasteiger partial charge in [-0.2, -0.15) is 0 Å². The van der Waals surface area contributed by atoms with Crippen LogP contribution in [0.3, 0.4) is 0 Å². The van der Waals surface area contributed by atoms with Crippen LogP contribution in [0, 0.1) is 0 Å². The third kappa shape index (κ3) is 1.93. The van der Waals surface area contributed by atoms with Crippen LogP contribution in [0.25, 0.3) is 0 Å². The molecule has 0 spiro atoms. The quantitative estimate of drug-likeness (QED) is 0.860. The molecule has 1 unspecified atom stereocenters. The molecule has 0 radical (unpaired) electrons. The number of carbonyl (C=O) groups excluding carboxylic acids is 1. The molecular weight excluding hydrogens is 220 g/mol. The third-order valence-electron chi connectivity index (χ3n) is 3.00. The number of anilines is 1. The van der Waals surface area contributed by atoms with Crippen molar-refractivity contribution in [2.24, 2.45) is 5.73 Å². The average molecular weight is 236 g/mol. The number of benzene rings is 1. The predicted octanol–water partition coefficient (Wildman–Crippen LogP) is 1.37. The van der Waals surface area contributed by atoms with E-state index in [1.165, 1.54) is 0 Å². The molecule has 92 valence electrons. The lowest BCUT2D eigenvalue weighted by atomic mass is 10.0. The molecule has 0 bridgehead atoms. The molecule has 2 N–H and O–H groups in total. The number of ether oxygens (including phenoxy) is 2. The van der Waals surface area contributed by atoms with Crippen molar-refractivity contribution in [3.8, 4) is 5.75 Å². The van der Waals surface area contributed by atoms with Gasteiger partial charge in [0.05, 0.1) is 12.6 Å². The minimum Gasteiger partial charge on any atom is -0.497 e. The van der Waals surface area contributed by atoms with E-state index in [9.17, 15) is 4.79 Å². The molecule has 1 atom stereocenters. The van der Waals surface area contributed by atoms with Gasteiger partial charge in [-0.05, 0) is 31.2 Å². The Hall–Kier alpha value is -1.75. The molecule has 0 aliphatic carbocycles. The molecule has 1 aromatic carbocycles. The van der Waals surface area contributed by atoms with E-state index < -0.39 is 5.54 Å². The summed E-state index contributed by atoms with van der Waals surface area (Å²) in [5.74, 6) is 0.746. The van der Waals surface area contributed by atoms with Crippen LogP contribution < -0.4 is 15.4 Å². The number of nitrogens with zero attached hydrogens (tertiary/aromatic N) is 1. The lowest BCUT2D eigenvalue weighted by molar-refractivity contribution is 0.174. The molecule has 17 heavy (non-hydrogen) atoms. The lowest BCUT2D eigenvalue weighted by Crippen LogP contribution is -2.50. The number of hydrogen-bond donors (Lipinski definition) is 1. The van der Waals surface area contributed by atoms with Gasteiger partial charge in [0.15, 0.2) is 0 Å². The molecule has 1 aromatic rings. The van der Waals surface area contributed by atoms with Crippen molar-refractivity contribution in [3.05, 3.63) is 24.3 Å². The van der Waals surface area contributed by atoms with Crippen LogP contribution >= 0.6 is 0 Å². The molecule has 5 heteroatoms. The van der Waals surface area contributed by atoms with E-state index in [1.54, 1.807) is 24.1 Å². The largest absolute Gasteiger partial charge is 0.497 e. The number of cyclic esters (lactones) is 1. The molecule has 1 aliphatic heterocycles. The van der Waals surface area contributed by atoms with Crippen molar-refractivity contribution in [1.82, 2.24) is 0 Å². The van der Waals surface area contributed by atoms with Gasteiger partial charge in [0.25, 0.3) is 0 Å². The average Bonchev–Trinajstić information content (AvgIpc) is 2.66. The van der Waals surface area contributed by atoms with Crippen molar-refractivity contribution < 1.29 is 14.3 Å². The van der Waals surface area contributed by atoms with Gasteiger partial charge in [0.1, 0.15) is 12.4 Å². The van der Waals surface area contributed by atoms with Crippen LogP contribution in [-0.4, -0.2) is 31.9 Å². The molecular formula is C12H16N2O3. The second kappa shape index (κ2) is 4.25. The highest BCUT2D eigenvalue weighted by Crippen LogP contribution is 2.31. The first kappa shape index (κ1) is 11.7. The molecule has 0 saturated carbocycles. The van der Waals surface area contributed by atoms with Crippen LogP contribution in [0.1, 0.15) is 6.92 Å². The standard InChI is InChI=1S/C12H16N2O3/c1-12(7-13)8-17-11(15)14(12)9-3-5-10(16-2)6-4-9/h3-6H,7-8,13H2,1-2H3. The minimum absolute atomic E-state index is 0.314. The number of methoxy groups -OCH3 is 1. The first-order valence-corrected chi connectivity index (χ1v) is 5.42. The number of amides is 1. The summed E-state index contributed by atoms with van der Waals surface area (Å²) in [6, 6.07) is 7.24. The SMILES string of the molecule is COc1ccc(N2C(=O)OCC2(C)CN)cc1. The van der Waals surface area contributed by atoms with Gasteiger partial charge in [-0.15, -0.1) is 0 Å². The molecule has 1 heterocycles. The molecule has 0 aromatic heterocycles. The van der Waals surface area contributed by atoms with Crippen LogP contribution in [0.5, 0.6) is 5.75 Å². The van der Waals surface area contributed by atoms with Gasteiger partial charge in [-0.3, -0.25) is 4.90 Å². The van der Waals surface area contributed by atoms with E-state index in [4.69, 9.17) is 15.2 Å². The maximum absolute atomic E-state index is 11.7. The highest BCUT2D eigenvalue weighted by molar-refractivity contribution is 5.91. The summed E-state index contributed by atoms with van der Waals surface area (Å²) < 4.78 is 10.1. The Kier molecular flexibility index (Phi) is 2.93. The van der Waals surface area contributed by atoms with Gasteiger partial charge in [-0.25, -0.2) is 4.79 Å². The van der Waals surface area contributed by atoms with Crippen molar-refractivity contribution in [1.29, 1.82) is 0 Å². The van der Waals surface area contributed by atoms with Crippen molar-refractivity contribution in [2.75, 3.05) is 25.2 Å². The zero-order chi connectivity index (χ0) is 12.5. The molecule has 1 fully saturated rings. The summed E-state index contributed by atoms with van der Waals surface area (Å²) in [6.45, 7) is 2.57. The Balaban J connectivity index is 2.33. The number of nitrogens with two attached hydrogens (primary N) is 1. The fraction of sp³-hybridized carbons (Fsp3) is 0.417. The Morgan fingerprint density at radius 1 is 1.47 bits per heavy atom. The summed E-state index contributed by atoms with van der Waals surface area (Å²) in [5, 5.41) is 0. The normalized spacial score (nSPS) is 23.7. The topological polar surface area (TPSA) is 64.8 Å². The van der Waals surface area contributed by atoms with E-state index in [2.05, 4.69) is 0 Å². The Bertz CT molecular complexity index is 418. The predicted molar refractivity (Wildman–Crippen MR) is 64.3 cm³/mol. The van der Waals surface area contributed by atoms with Crippen LogP contribution in [0.15, 0.2) is 24.3 Å². The lowest BCUT2D eigenvalue weighted by Gasteiger charge is -2.30. The van der Waals surface area contributed by atoms with Crippen molar-refractivity contribution >= 4 is 11.8 Å². The van der Waals surface area contributed by atoms with E-state index in [-0.39, 0.29) is 6.09 Å². The Morgan fingerprint density at radius 2 is 2.12 bits per heavy atom. The van der Waals surface area contributed by atoms with Gasteiger partial charge in [0, 0.05) is 12.2 Å². The maximum Gasteiger partial charge on any atom is 0.415 e. The Labute approximate surface area is 100 Å². The molecule has 1 amide bonds. The summed E-state index contributed by atoms with van der Waals surface area (Å²) in [7, 11) is 1.60. The molecule has 1 aliphatic rings. The third-order valence-corrected chi connectivity index (χ3v) is 3.00. The van der Waals surface area contributed by atoms with Crippen molar-refractivity contribution in [2.45, 2.75) is 12.5 Å². The van der Waals surface area contributed by atoms with Gasteiger partial charge in [0.2, 0.25) is 0 Å². The number of carbonyl (C=O) groups is 1. The van der Waals surface area contributed by atoms with E-state index in [0.29, 0.717) is 13.2 Å². The van der Waals surface area contributed by atoms with E-state index in [1.807, 2.05) is 19.1 Å².